The zero-order chi connectivity index (χ0) is 14.0. The Balaban J connectivity index is 2.56. The number of ether oxygens (including phenoxy) is 2. The zero-order valence-corrected chi connectivity index (χ0v) is 11.3. The number of esters is 1. The zero-order valence-electron chi connectivity index (χ0n) is 11.3. The Morgan fingerprint density at radius 2 is 2.00 bits per heavy atom. The highest BCUT2D eigenvalue weighted by Crippen LogP contribution is 2.30. The fourth-order valence-electron chi connectivity index (χ4n) is 1.93. The summed E-state index contributed by atoms with van der Waals surface area (Å²) in [6.45, 7) is 3.60. The molecule has 0 saturated heterocycles. The maximum atomic E-state index is 11.8. The molecule has 0 spiro atoms. The average Bonchev–Trinajstić information content (AvgIpc) is 2.79. The van der Waals surface area contributed by atoms with Gasteiger partial charge in [-0.05, 0) is 37.6 Å². The molecule has 0 amide bonds. The second kappa shape index (κ2) is 5.14. The number of nitrogens with zero attached hydrogens (tertiary/aromatic N) is 1. The minimum atomic E-state index is -0.455. The Hall–Kier alpha value is -2.30. The smallest absolute Gasteiger partial charge is 0.343 e. The van der Waals surface area contributed by atoms with Crippen LogP contribution in [0.2, 0.25) is 0 Å². The molecule has 19 heavy (non-hydrogen) atoms. The molecule has 5 nitrogen and oxygen atoms in total. The van der Waals surface area contributed by atoms with Gasteiger partial charge in [-0.25, -0.2) is 4.79 Å². The van der Waals surface area contributed by atoms with E-state index in [0.717, 1.165) is 16.9 Å². The number of carbonyl (C=O) groups excluding carboxylic acids is 1. The maximum Gasteiger partial charge on any atom is 0.343 e. The summed E-state index contributed by atoms with van der Waals surface area (Å²) in [5, 5.41) is 3.95. The predicted molar refractivity (Wildman–Crippen MR) is 69.3 cm³/mol. The lowest BCUT2D eigenvalue weighted by Crippen LogP contribution is -2.04. The minimum absolute atomic E-state index is 0.357. The van der Waals surface area contributed by atoms with Gasteiger partial charge in [0, 0.05) is 5.56 Å². The minimum Gasteiger partial charge on any atom is -0.497 e. The van der Waals surface area contributed by atoms with Gasteiger partial charge >= 0.3 is 5.97 Å². The summed E-state index contributed by atoms with van der Waals surface area (Å²) >= 11 is 0. The van der Waals surface area contributed by atoms with Gasteiger partial charge < -0.3 is 14.0 Å². The molecule has 0 radical (unpaired) electrons. The summed E-state index contributed by atoms with van der Waals surface area (Å²) in [6.07, 6.45) is 0. The van der Waals surface area contributed by atoms with Gasteiger partial charge in [-0.3, -0.25) is 0 Å². The molecule has 0 bridgehead atoms. The van der Waals surface area contributed by atoms with Crippen LogP contribution in [0.3, 0.4) is 0 Å². The number of aromatic nitrogens is 1. The van der Waals surface area contributed by atoms with E-state index >= 15 is 0 Å². The highest BCUT2D eigenvalue weighted by atomic mass is 16.5. The molecule has 0 unspecified atom stereocenters. The second-order valence-electron chi connectivity index (χ2n) is 4.13. The van der Waals surface area contributed by atoms with Crippen LogP contribution >= 0.6 is 0 Å². The van der Waals surface area contributed by atoms with Gasteiger partial charge in [-0.15, -0.1) is 0 Å². The van der Waals surface area contributed by atoms with E-state index in [0.29, 0.717) is 17.0 Å². The van der Waals surface area contributed by atoms with Gasteiger partial charge in [-0.1, -0.05) is 5.16 Å². The van der Waals surface area contributed by atoms with E-state index in [-0.39, 0.29) is 0 Å². The fraction of sp³-hybridized carbons (Fsp3) is 0.286. The fourth-order valence-corrected chi connectivity index (χ4v) is 1.93. The number of hydrogen-bond acceptors (Lipinski definition) is 5. The third-order valence-corrected chi connectivity index (χ3v) is 2.94. The second-order valence-corrected chi connectivity index (χ2v) is 4.13. The van der Waals surface area contributed by atoms with E-state index in [2.05, 4.69) is 5.16 Å². The lowest BCUT2D eigenvalue weighted by Gasteiger charge is -2.07. The number of methoxy groups -OCH3 is 2. The van der Waals surface area contributed by atoms with Crippen LogP contribution in [0.1, 0.15) is 21.7 Å². The summed E-state index contributed by atoms with van der Waals surface area (Å²) in [5.41, 5.74) is 2.61. The van der Waals surface area contributed by atoms with Crippen LogP contribution in [-0.4, -0.2) is 25.3 Å². The van der Waals surface area contributed by atoms with Gasteiger partial charge in [0.05, 0.1) is 14.2 Å². The van der Waals surface area contributed by atoms with E-state index < -0.39 is 5.97 Å². The van der Waals surface area contributed by atoms with Crippen LogP contribution in [0.5, 0.6) is 5.75 Å². The average molecular weight is 261 g/mol. The summed E-state index contributed by atoms with van der Waals surface area (Å²) < 4.78 is 15.0. The number of rotatable bonds is 3. The van der Waals surface area contributed by atoms with Crippen LogP contribution in [-0.2, 0) is 4.74 Å². The van der Waals surface area contributed by atoms with Gasteiger partial charge in [0.25, 0.3) is 0 Å². The quantitative estimate of drug-likeness (QED) is 0.795. The molecule has 0 aliphatic heterocycles. The molecule has 0 aliphatic carbocycles. The molecule has 0 atom stereocenters. The highest BCUT2D eigenvalue weighted by Gasteiger charge is 2.23. The monoisotopic (exact) mass is 261 g/mol. The third kappa shape index (κ3) is 2.31. The molecule has 1 heterocycles. The number of hydrogen-bond donors (Lipinski definition) is 0. The molecular formula is C14H15NO4. The molecule has 1 aromatic heterocycles. The summed E-state index contributed by atoms with van der Waals surface area (Å²) in [6, 6.07) is 5.53. The van der Waals surface area contributed by atoms with Crippen LogP contribution in [0.15, 0.2) is 22.7 Å². The van der Waals surface area contributed by atoms with Crippen molar-refractivity contribution in [2.24, 2.45) is 0 Å². The van der Waals surface area contributed by atoms with Gasteiger partial charge in [0.15, 0.2) is 0 Å². The first-order chi connectivity index (χ1) is 9.08. The summed E-state index contributed by atoms with van der Waals surface area (Å²) in [5.74, 6) is 0.738. The van der Waals surface area contributed by atoms with Crippen molar-refractivity contribution in [3.8, 4) is 17.0 Å². The largest absolute Gasteiger partial charge is 0.497 e. The van der Waals surface area contributed by atoms with Gasteiger partial charge in [0.1, 0.15) is 22.8 Å². The van der Waals surface area contributed by atoms with E-state index in [1.165, 1.54) is 7.11 Å². The number of aryl methyl sites for hydroxylation is 2. The summed E-state index contributed by atoms with van der Waals surface area (Å²) in [4.78, 5) is 11.8. The molecule has 0 saturated carbocycles. The van der Waals surface area contributed by atoms with Crippen molar-refractivity contribution in [2.75, 3.05) is 14.2 Å². The topological polar surface area (TPSA) is 61.6 Å². The lowest BCUT2D eigenvalue weighted by molar-refractivity contribution is 0.0599. The Bertz CT molecular complexity index is 616. The molecule has 2 rings (SSSR count). The van der Waals surface area contributed by atoms with Crippen molar-refractivity contribution in [3.63, 3.8) is 0 Å². The molecule has 0 fully saturated rings. The Labute approximate surface area is 111 Å². The first-order valence-electron chi connectivity index (χ1n) is 5.78. The van der Waals surface area contributed by atoms with Crippen LogP contribution in [0, 0.1) is 13.8 Å². The molecule has 0 N–H and O–H groups in total. The first kappa shape index (κ1) is 13.1. The Kier molecular flexibility index (Phi) is 3.55. The van der Waals surface area contributed by atoms with E-state index in [4.69, 9.17) is 14.0 Å². The normalized spacial score (nSPS) is 10.3. The molecule has 100 valence electrons. The maximum absolute atomic E-state index is 11.8. The van der Waals surface area contributed by atoms with Crippen LogP contribution < -0.4 is 4.74 Å². The Morgan fingerprint density at radius 3 is 2.58 bits per heavy atom. The molecule has 0 aliphatic rings. The Morgan fingerprint density at radius 1 is 1.26 bits per heavy atom. The predicted octanol–water partition coefficient (Wildman–Crippen LogP) is 2.75. The van der Waals surface area contributed by atoms with Crippen LogP contribution in [0.4, 0.5) is 0 Å². The molecule has 2 aromatic rings. The standard InChI is InChI=1S/C14H15NO4/c1-8-7-10(17-3)5-6-11(8)13-12(14(16)18-4)9(2)19-15-13/h5-7H,1-4H3. The number of benzene rings is 1. The lowest BCUT2D eigenvalue weighted by atomic mass is 10.0. The first-order valence-corrected chi connectivity index (χ1v) is 5.78. The van der Waals surface area contributed by atoms with Crippen molar-refractivity contribution in [1.29, 1.82) is 0 Å². The van der Waals surface area contributed by atoms with Crippen molar-refractivity contribution < 1.29 is 18.8 Å². The molecular weight excluding hydrogens is 246 g/mol. The van der Waals surface area contributed by atoms with Crippen molar-refractivity contribution >= 4 is 5.97 Å². The SMILES string of the molecule is COC(=O)c1c(-c2ccc(OC)cc2C)noc1C. The van der Waals surface area contributed by atoms with Crippen LogP contribution in [0.25, 0.3) is 11.3 Å². The van der Waals surface area contributed by atoms with Gasteiger partial charge in [-0.2, -0.15) is 0 Å². The van der Waals surface area contributed by atoms with Crippen molar-refractivity contribution in [1.82, 2.24) is 5.16 Å². The van der Waals surface area contributed by atoms with E-state index in [1.54, 1.807) is 14.0 Å². The van der Waals surface area contributed by atoms with Gasteiger partial charge in [0.2, 0.25) is 0 Å². The third-order valence-electron chi connectivity index (χ3n) is 2.94. The van der Waals surface area contributed by atoms with E-state index in [1.807, 2.05) is 25.1 Å². The molecule has 5 heteroatoms. The van der Waals surface area contributed by atoms with Crippen molar-refractivity contribution in [2.45, 2.75) is 13.8 Å². The van der Waals surface area contributed by atoms with E-state index in [9.17, 15) is 4.79 Å². The molecule has 1 aromatic carbocycles. The van der Waals surface area contributed by atoms with Crippen molar-refractivity contribution in [3.05, 3.63) is 35.1 Å². The highest BCUT2D eigenvalue weighted by molar-refractivity contribution is 5.97. The summed E-state index contributed by atoms with van der Waals surface area (Å²) in [7, 11) is 2.94. The number of carbonyl (C=O) groups is 1.